The molecule has 0 aliphatic carbocycles. The Hall–Kier alpha value is -2.42. The highest BCUT2D eigenvalue weighted by molar-refractivity contribution is 5.29. The normalized spacial score (nSPS) is 15.6. The molecule has 0 bridgehead atoms. The van der Waals surface area contributed by atoms with Crippen molar-refractivity contribution < 1.29 is 14.2 Å². The van der Waals surface area contributed by atoms with Gasteiger partial charge in [0.25, 0.3) is 0 Å². The molecule has 3 heteroatoms. The molecule has 0 radical (unpaired) electrons. The number of allylic oxidation sites excluding steroid dienone is 1. The fourth-order valence-corrected chi connectivity index (χ4v) is 2.29. The Morgan fingerprint density at radius 3 is 2.27 bits per heavy atom. The van der Waals surface area contributed by atoms with E-state index in [1.807, 2.05) is 44.2 Å². The summed E-state index contributed by atoms with van der Waals surface area (Å²) in [5, 5.41) is 0. The summed E-state index contributed by atoms with van der Waals surface area (Å²) in [6.45, 7) is 4.38. The van der Waals surface area contributed by atoms with Gasteiger partial charge in [0.1, 0.15) is 24.4 Å². The van der Waals surface area contributed by atoms with Gasteiger partial charge in [-0.3, -0.25) is 0 Å². The summed E-state index contributed by atoms with van der Waals surface area (Å²) in [6.07, 6.45) is 2.42. The van der Waals surface area contributed by atoms with Crippen molar-refractivity contribution in [2.45, 2.75) is 32.7 Å². The Kier molecular flexibility index (Phi) is 4.05. The van der Waals surface area contributed by atoms with Crippen LogP contribution in [0.3, 0.4) is 0 Å². The minimum Gasteiger partial charge on any atom is -0.489 e. The lowest BCUT2D eigenvalue weighted by Gasteiger charge is -2.18. The largest absolute Gasteiger partial charge is 0.489 e. The van der Waals surface area contributed by atoms with E-state index in [0.717, 1.165) is 23.5 Å². The minimum atomic E-state index is -0.548. The van der Waals surface area contributed by atoms with Crippen LogP contribution in [0.2, 0.25) is 0 Å². The molecule has 2 aromatic carbocycles. The smallest absolute Gasteiger partial charge is 0.244 e. The Labute approximate surface area is 131 Å². The van der Waals surface area contributed by atoms with Crippen LogP contribution in [0.4, 0.5) is 0 Å². The minimum absolute atomic E-state index is 0.548. The highest BCUT2D eigenvalue weighted by atomic mass is 16.7. The molecule has 0 fully saturated rings. The second kappa shape index (κ2) is 6.14. The van der Waals surface area contributed by atoms with Gasteiger partial charge in [-0.15, -0.1) is 0 Å². The molecule has 2 aromatic rings. The molecular weight excluding hydrogens is 276 g/mol. The molecule has 0 saturated carbocycles. The lowest BCUT2D eigenvalue weighted by molar-refractivity contribution is -0.117. The molecule has 1 aliphatic rings. The predicted molar refractivity (Wildman–Crippen MR) is 85.3 cm³/mol. The van der Waals surface area contributed by atoms with Gasteiger partial charge in [-0.25, -0.2) is 0 Å². The van der Waals surface area contributed by atoms with Crippen molar-refractivity contribution in [3.05, 3.63) is 77.7 Å². The van der Waals surface area contributed by atoms with Crippen molar-refractivity contribution >= 4 is 0 Å². The third-order valence-electron chi connectivity index (χ3n) is 3.40. The maximum atomic E-state index is 5.78. The highest BCUT2D eigenvalue weighted by Crippen LogP contribution is 2.27. The number of benzene rings is 2. The molecule has 0 aromatic heterocycles. The van der Waals surface area contributed by atoms with E-state index in [1.165, 1.54) is 5.56 Å². The number of ether oxygens (including phenoxy) is 3. The fourth-order valence-electron chi connectivity index (χ4n) is 2.29. The van der Waals surface area contributed by atoms with Crippen LogP contribution < -0.4 is 4.74 Å². The van der Waals surface area contributed by atoms with Gasteiger partial charge in [0.05, 0.1) is 0 Å². The summed E-state index contributed by atoms with van der Waals surface area (Å²) in [5.41, 5.74) is 2.33. The summed E-state index contributed by atoms with van der Waals surface area (Å²) in [4.78, 5) is 0. The first-order valence-electron chi connectivity index (χ1n) is 7.42. The van der Waals surface area contributed by atoms with Crippen molar-refractivity contribution in [3.63, 3.8) is 0 Å². The van der Waals surface area contributed by atoms with Gasteiger partial charge in [-0.1, -0.05) is 42.5 Å². The van der Waals surface area contributed by atoms with Crippen molar-refractivity contribution in [1.82, 2.24) is 0 Å². The van der Waals surface area contributed by atoms with E-state index in [1.54, 1.807) is 6.26 Å². The number of rotatable bonds is 5. The number of hydrogen-bond donors (Lipinski definition) is 0. The zero-order valence-electron chi connectivity index (χ0n) is 12.9. The van der Waals surface area contributed by atoms with E-state index in [4.69, 9.17) is 14.2 Å². The second-order valence-electron chi connectivity index (χ2n) is 5.80. The molecule has 1 aliphatic heterocycles. The molecule has 3 rings (SSSR count). The number of hydrogen-bond acceptors (Lipinski definition) is 3. The van der Waals surface area contributed by atoms with Crippen molar-refractivity contribution in [2.75, 3.05) is 0 Å². The lowest BCUT2D eigenvalue weighted by Crippen LogP contribution is -2.20. The predicted octanol–water partition coefficient (Wildman–Crippen LogP) is 4.43. The van der Waals surface area contributed by atoms with E-state index < -0.39 is 5.79 Å². The zero-order valence-corrected chi connectivity index (χ0v) is 12.9. The summed E-state index contributed by atoms with van der Waals surface area (Å²) >= 11 is 0. The van der Waals surface area contributed by atoms with Gasteiger partial charge < -0.3 is 14.2 Å². The van der Waals surface area contributed by atoms with Gasteiger partial charge in [-0.2, -0.15) is 0 Å². The summed E-state index contributed by atoms with van der Waals surface area (Å²) < 4.78 is 16.9. The molecule has 3 nitrogen and oxygen atoms in total. The Morgan fingerprint density at radius 2 is 1.64 bits per heavy atom. The highest BCUT2D eigenvalue weighted by Gasteiger charge is 2.27. The van der Waals surface area contributed by atoms with Crippen LogP contribution >= 0.6 is 0 Å². The second-order valence-corrected chi connectivity index (χ2v) is 5.80. The SMILES string of the molecule is CC1(C)OC=C(Cc2ccc(OCc3ccccc3)cc2)O1. The van der Waals surface area contributed by atoms with Crippen LogP contribution in [-0.2, 0) is 22.5 Å². The fraction of sp³-hybridized carbons (Fsp3) is 0.263. The molecule has 1 heterocycles. The van der Waals surface area contributed by atoms with Crippen LogP contribution in [-0.4, -0.2) is 5.79 Å². The van der Waals surface area contributed by atoms with Crippen molar-refractivity contribution in [2.24, 2.45) is 0 Å². The van der Waals surface area contributed by atoms with Gasteiger partial charge in [0.15, 0.2) is 0 Å². The molecule has 0 spiro atoms. The first kappa shape index (κ1) is 14.5. The summed E-state index contributed by atoms with van der Waals surface area (Å²) in [7, 11) is 0. The van der Waals surface area contributed by atoms with Crippen LogP contribution in [0, 0.1) is 0 Å². The van der Waals surface area contributed by atoms with E-state index in [0.29, 0.717) is 6.61 Å². The Bertz CT molecular complexity index is 642. The quantitative estimate of drug-likeness (QED) is 0.816. The molecule has 0 N–H and O–H groups in total. The topological polar surface area (TPSA) is 27.7 Å². The first-order valence-corrected chi connectivity index (χ1v) is 7.42. The van der Waals surface area contributed by atoms with Crippen molar-refractivity contribution in [1.29, 1.82) is 0 Å². The van der Waals surface area contributed by atoms with Crippen molar-refractivity contribution in [3.8, 4) is 5.75 Å². The van der Waals surface area contributed by atoms with Crippen LogP contribution in [0.25, 0.3) is 0 Å². The third-order valence-corrected chi connectivity index (χ3v) is 3.40. The molecule has 114 valence electrons. The molecule has 0 unspecified atom stereocenters. The molecular formula is C19H20O3. The lowest BCUT2D eigenvalue weighted by atomic mass is 10.1. The Balaban J connectivity index is 1.54. The van der Waals surface area contributed by atoms with Gasteiger partial charge in [0.2, 0.25) is 5.79 Å². The van der Waals surface area contributed by atoms with E-state index in [9.17, 15) is 0 Å². The molecule has 0 saturated heterocycles. The maximum Gasteiger partial charge on any atom is 0.244 e. The monoisotopic (exact) mass is 296 g/mol. The molecule has 0 atom stereocenters. The average molecular weight is 296 g/mol. The van der Waals surface area contributed by atoms with Crippen LogP contribution in [0.15, 0.2) is 66.6 Å². The van der Waals surface area contributed by atoms with Gasteiger partial charge >= 0.3 is 0 Å². The molecule has 0 amide bonds. The van der Waals surface area contributed by atoms with Crippen LogP contribution in [0.1, 0.15) is 25.0 Å². The van der Waals surface area contributed by atoms with E-state index >= 15 is 0 Å². The Morgan fingerprint density at radius 1 is 0.909 bits per heavy atom. The first-order chi connectivity index (χ1) is 10.6. The summed E-state index contributed by atoms with van der Waals surface area (Å²) in [5.74, 6) is 1.17. The third kappa shape index (κ3) is 3.82. The summed E-state index contributed by atoms with van der Waals surface area (Å²) in [6, 6.07) is 18.2. The average Bonchev–Trinajstić information content (AvgIpc) is 2.86. The maximum absolute atomic E-state index is 5.78. The standard InChI is InChI=1S/C19H20O3/c1-19(2)21-14-18(22-19)12-15-8-10-17(11-9-15)20-13-16-6-4-3-5-7-16/h3-11,14H,12-13H2,1-2H3. The van der Waals surface area contributed by atoms with E-state index in [2.05, 4.69) is 24.3 Å². The van der Waals surface area contributed by atoms with Crippen LogP contribution in [0.5, 0.6) is 5.75 Å². The zero-order chi connectivity index (χ0) is 15.4. The van der Waals surface area contributed by atoms with E-state index in [-0.39, 0.29) is 0 Å². The molecule has 22 heavy (non-hydrogen) atoms. The van der Waals surface area contributed by atoms with Gasteiger partial charge in [0, 0.05) is 20.3 Å². The van der Waals surface area contributed by atoms with Gasteiger partial charge in [-0.05, 0) is 23.3 Å².